The lowest BCUT2D eigenvalue weighted by Gasteiger charge is -2.23. The molecule has 3 atom stereocenters. The zero-order valence-electron chi connectivity index (χ0n) is 19.3. The number of nitrogens with two attached hydrogens (primary N) is 3. The zero-order chi connectivity index (χ0) is 27.3. The number of nitrogens with one attached hydrogen (secondary N) is 3. The quantitative estimate of drug-likeness (QED) is 0.0651. The van der Waals surface area contributed by atoms with Crippen LogP contribution in [0.5, 0.6) is 5.75 Å². The predicted molar refractivity (Wildman–Crippen MR) is 126 cm³/mol. The molecule has 3 amide bonds. The molecule has 1 aromatic rings. The van der Waals surface area contributed by atoms with E-state index in [1.807, 2.05) is 5.32 Å². The SMILES string of the molecule is NC(N)=NCCC[C@H](NC(=O)[C@@H](N)Cc1ccc(O)cc1)C(=O)N[C@@H](CC(=O)O)C(=O)NCC(=O)O. The molecule has 0 spiro atoms. The van der Waals surface area contributed by atoms with Gasteiger partial charge in [0.2, 0.25) is 17.7 Å². The van der Waals surface area contributed by atoms with Gasteiger partial charge in [0, 0.05) is 6.54 Å². The van der Waals surface area contributed by atoms with Gasteiger partial charge in [0.15, 0.2) is 5.96 Å². The average molecular weight is 510 g/mol. The van der Waals surface area contributed by atoms with Crippen molar-refractivity contribution in [3.8, 4) is 5.75 Å². The van der Waals surface area contributed by atoms with Crippen LogP contribution in [0.1, 0.15) is 24.8 Å². The van der Waals surface area contributed by atoms with Crippen LogP contribution >= 0.6 is 0 Å². The number of amides is 3. The van der Waals surface area contributed by atoms with Gasteiger partial charge in [0.1, 0.15) is 24.4 Å². The van der Waals surface area contributed by atoms with E-state index in [0.717, 1.165) is 0 Å². The van der Waals surface area contributed by atoms with Gasteiger partial charge in [-0.2, -0.15) is 0 Å². The molecule has 0 saturated carbocycles. The number of nitrogens with zero attached hydrogens (tertiary/aromatic N) is 1. The lowest BCUT2D eigenvalue weighted by molar-refractivity contribution is -0.141. The van der Waals surface area contributed by atoms with E-state index in [2.05, 4.69) is 15.6 Å². The first kappa shape index (κ1) is 29.6. The Morgan fingerprint density at radius 3 is 2.06 bits per heavy atom. The third kappa shape index (κ3) is 11.6. The number of rotatable bonds is 15. The maximum Gasteiger partial charge on any atom is 0.322 e. The van der Waals surface area contributed by atoms with Gasteiger partial charge < -0.3 is 48.5 Å². The van der Waals surface area contributed by atoms with Gasteiger partial charge >= 0.3 is 11.9 Å². The van der Waals surface area contributed by atoms with Crippen LogP contribution in [0.3, 0.4) is 0 Å². The molecule has 198 valence electrons. The summed E-state index contributed by atoms with van der Waals surface area (Å²) in [4.78, 5) is 63.4. The van der Waals surface area contributed by atoms with E-state index >= 15 is 0 Å². The fourth-order valence-corrected chi connectivity index (χ4v) is 2.97. The first-order valence-corrected chi connectivity index (χ1v) is 10.8. The van der Waals surface area contributed by atoms with Gasteiger partial charge in [0.05, 0.1) is 12.5 Å². The van der Waals surface area contributed by atoms with Crippen LogP contribution in [0.2, 0.25) is 0 Å². The number of hydrogen-bond donors (Lipinski definition) is 9. The molecule has 0 heterocycles. The number of phenolic OH excluding ortho intramolecular Hbond substituents is 1. The summed E-state index contributed by atoms with van der Waals surface area (Å²) >= 11 is 0. The maximum atomic E-state index is 12.9. The highest BCUT2D eigenvalue weighted by Gasteiger charge is 2.29. The number of aliphatic imine (C=N–C) groups is 1. The van der Waals surface area contributed by atoms with Crippen molar-refractivity contribution in [2.75, 3.05) is 13.1 Å². The maximum absolute atomic E-state index is 12.9. The number of phenols is 1. The van der Waals surface area contributed by atoms with E-state index in [0.29, 0.717) is 5.56 Å². The molecular weight excluding hydrogens is 478 g/mol. The number of benzene rings is 1. The molecule has 1 aromatic carbocycles. The number of guanidine groups is 1. The molecule has 0 unspecified atom stereocenters. The Balaban J connectivity index is 2.94. The fourth-order valence-electron chi connectivity index (χ4n) is 2.97. The van der Waals surface area contributed by atoms with Crippen LogP contribution in [0.4, 0.5) is 0 Å². The third-order valence-electron chi connectivity index (χ3n) is 4.73. The summed E-state index contributed by atoms with van der Waals surface area (Å²) in [6.07, 6.45) is -0.491. The Morgan fingerprint density at radius 2 is 1.50 bits per heavy atom. The lowest BCUT2D eigenvalue weighted by Crippen LogP contribution is -2.56. The van der Waals surface area contributed by atoms with Crippen LogP contribution in [-0.4, -0.2) is 82.2 Å². The van der Waals surface area contributed by atoms with E-state index in [1.54, 1.807) is 12.1 Å². The van der Waals surface area contributed by atoms with Gasteiger partial charge in [-0.3, -0.25) is 29.0 Å². The molecule has 15 nitrogen and oxygen atoms in total. The Kier molecular flexibility index (Phi) is 12.2. The first-order valence-electron chi connectivity index (χ1n) is 10.8. The van der Waals surface area contributed by atoms with Crippen LogP contribution in [0, 0.1) is 0 Å². The van der Waals surface area contributed by atoms with Crippen molar-refractivity contribution in [2.24, 2.45) is 22.2 Å². The largest absolute Gasteiger partial charge is 0.508 e. The number of carboxylic acids is 2. The van der Waals surface area contributed by atoms with Gasteiger partial charge in [-0.05, 0) is 37.0 Å². The van der Waals surface area contributed by atoms with E-state index in [9.17, 15) is 29.1 Å². The molecule has 0 bridgehead atoms. The molecule has 36 heavy (non-hydrogen) atoms. The van der Waals surface area contributed by atoms with Crippen LogP contribution in [0.25, 0.3) is 0 Å². The van der Waals surface area contributed by atoms with E-state index in [1.165, 1.54) is 12.1 Å². The molecule has 0 aromatic heterocycles. The molecule has 0 aliphatic carbocycles. The zero-order valence-corrected chi connectivity index (χ0v) is 19.3. The van der Waals surface area contributed by atoms with Gasteiger partial charge in [0.25, 0.3) is 0 Å². The number of aromatic hydroxyl groups is 1. The van der Waals surface area contributed by atoms with Crippen LogP contribution in [-0.2, 0) is 30.4 Å². The van der Waals surface area contributed by atoms with Crippen molar-refractivity contribution in [3.63, 3.8) is 0 Å². The number of carbonyl (C=O) groups is 5. The molecule has 15 heteroatoms. The Bertz CT molecular complexity index is 964. The predicted octanol–water partition coefficient (Wildman–Crippen LogP) is -3.04. The van der Waals surface area contributed by atoms with Crippen molar-refractivity contribution < 1.29 is 39.3 Å². The molecule has 0 radical (unpaired) electrons. The summed E-state index contributed by atoms with van der Waals surface area (Å²) in [5, 5.41) is 33.9. The molecule has 0 fully saturated rings. The summed E-state index contributed by atoms with van der Waals surface area (Å²) in [6.45, 7) is -0.658. The first-order chi connectivity index (χ1) is 16.9. The second-order valence-electron chi connectivity index (χ2n) is 7.76. The van der Waals surface area contributed by atoms with Gasteiger partial charge in [-0.25, -0.2) is 0 Å². The summed E-state index contributed by atoms with van der Waals surface area (Å²) in [7, 11) is 0. The number of carbonyl (C=O) groups excluding carboxylic acids is 3. The van der Waals surface area contributed by atoms with Crippen LogP contribution in [0.15, 0.2) is 29.3 Å². The lowest BCUT2D eigenvalue weighted by atomic mass is 10.0. The van der Waals surface area contributed by atoms with Crippen LogP contribution < -0.4 is 33.2 Å². The van der Waals surface area contributed by atoms with Crippen molar-refractivity contribution in [1.29, 1.82) is 0 Å². The highest BCUT2D eigenvalue weighted by atomic mass is 16.4. The molecule has 1 rings (SSSR count). The normalized spacial score (nSPS) is 12.9. The second-order valence-corrected chi connectivity index (χ2v) is 7.76. The summed E-state index contributed by atoms with van der Waals surface area (Å²) < 4.78 is 0. The molecule has 0 aliphatic heterocycles. The van der Waals surface area contributed by atoms with Crippen molar-refractivity contribution in [2.45, 2.75) is 43.8 Å². The van der Waals surface area contributed by atoms with Crippen molar-refractivity contribution in [1.82, 2.24) is 16.0 Å². The van der Waals surface area contributed by atoms with Crippen molar-refractivity contribution >= 4 is 35.6 Å². The molecule has 0 saturated heterocycles. The van der Waals surface area contributed by atoms with Crippen molar-refractivity contribution in [3.05, 3.63) is 29.8 Å². The molecular formula is C21H31N7O8. The minimum atomic E-state index is -1.60. The third-order valence-corrected chi connectivity index (χ3v) is 4.73. The summed E-state index contributed by atoms with van der Waals surface area (Å²) in [5.74, 6) is -5.53. The highest BCUT2D eigenvalue weighted by Crippen LogP contribution is 2.11. The topological polar surface area (TPSA) is 273 Å². The minimum absolute atomic E-state index is 0.0107. The Hall–Kier alpha value is -4.40. The summed E-state index contributed by atoms with van der Waals surface area (Å²) in [5.41, 5.74) is 17.2. The second kappa shape index (κ2) is 14.8. The standard InChI is InChI=1S/C21H31N7O8/c22-13(8-11-3-5-12(29)6-4-11)18(34)27-14(2-1-7-25-21(23)24)20(36)28-15(9-16(30)31)19(35)26-10-17(32)33/h3-6,13-15,29H,1-2,7-10,22H2,(H,26,35)(H,27,34)(H,28,36)(H,30,31)(H,32,33)(H4,23,24,25)/t13-,14-,15-/m0/s1. The van der Waals surface area contributed by atoms with Gasteiger partial charge in [-0.15, -0.1) is 0 Å². The van der Waals surface area contributed by atoms with E-state index in [4.69, 9.17) is 27.4 Å². The monoisotopic (exact) mass is 509 g/mol. The Morgan fingerprint density at radius 1 is 0.889 bits per heavy atom. The number of aliphatic carboxylic acids is 2. The van der Waals surface area contributed by atoms with E-state index in [-0.39, 0.29) is 37.5 Å². The molecule has 12 N–H and O–H groups in total. The fraction of sp³-hybridized carbons (Fsp3) is 0.429. The number of carboxylic acid groups (broad SMARTS) is 2. The van der Waals surface area contributed by atoms with Gasteiger partial charge in [-0.1, -0.05) is 12.1 Å². The molecule has 0 aliphatic rings. The minimum Gasteiger partial charge on any atom is -0.508 e. The smallest absolute Gasteiger partial charge is 0.322 e. The Labute approximate surface area is 206 Å². The summed E-state index contributed by atoms with van der Waals surface area (Å²) in [6, 6.07) is 2.10. The van der Waals surface area contributed by atoms with E-state index < -0.39 is 60.8 Å². The highest BCUT2D eigenvalue weighted by molar-refractivity contribution is 5.95. The average Bonchev–Trinajstić information content (AvgIpc) is 2.79. The number of hydrogen-bond acceptors (Lipinski definition) is 8.